The molecule has 0 unspecified atom stereocenters. The highest BCUT2D eigenvalue weighted by Gasteiger charge is 2.03. The van der Waals surface area contributed by atoms with Crippen LogP contribution in [-0.2, 0) is 24.7 Å². The van der Waals surface area contributed by atoms with Gasteiger partial charge in [-0.05, 0) is 12.8 Å². The molecule has 0 heterocycles. The summed E-state index contributed by atoms with van der Waals surface area (Å²) in [5.74, 6) is -0.0814. The molecule has 178 valence electrons. The van der Waals surface area contributed by atoms with Crippen LogP contribution in [0, 0.1) is 0 Å². The van der Waals surface area contributed by atoms with Crippen LogP contribution in [0.15, 0.2) is 0 Å². The third kappa shape index (κ3) is 35.6. The summed E-state index contributed by atoms with van der Waals surface area (Å²) in [5, 5.41) is 0. The minimum atomic E-state index is -4.23. The Bertz CT molecular complexity index is 531. The van der Waals surface area contributed by atoms with Gasteiger partial charge in [-0.15, -0.1) is 0 Å². The minimum absolute atomic E-state index is 0.0814. The van der Waals surface area contributed by atoms with Gasteiger partial charge < -0.3 is 0 Å². The van der Waals surface area contributed by atoms with Crippen LogP contribution in [0.4, 0.5) is 0 Å². The van der Waals surface area contributed by atoms with E-state index in [0.717, 1.165) is 25.7 Å². The fourth-order valence-electron chi connectivity index (χ4n) is 2.82. The molecule has 2 N–H and O–H groups in total. The van der Waals surface area contributed by atoms with Crippen LogP contribution in [0.3, 0.4) is 0 Å². The number of unbranched alkanes of at least 4 members (excludes halogenated alkanes) is 14. The lowest BCUT2D eigenvalue weighted by Gasteiger charge is -2.01. The zero-order chi connectivity index (χ0) is 22.4. The van der Waals surface area contributed by atoms with Crippen molar-refractivity contribution in [1.29, 1.82) is 0 Å². The van der Waals surface area contributed by atoms with Crippen molar-refractivity contribution in [3.05, 3.63) is 0 Å². The molecule has 0 atom stereocenters. The molecule has 0 amide bonds. The summed E-state index contributed by atoms with van der Waals surface area (Å²) in [7, 11) is -7.95. The topological polar surface area (TPSA) is 118 Å². The Hall–Kier alpha value is -0.220. The molecule has 7 nitrogen and oxygen atoms in total. The van der Waals surface area contributed by atoms with E-state index >= 15 is 0 Å². The molecule has 0 radical (unpaired) electrons. The summed E-state index contributed by atoms with van der Waals surface area (Å²) in [5.41, 5.74) is 0. The number of hydrogen-bond donors (Lipinski definition) is 2. The highest BCUT2D eigenvalue weighted by atomic mass is 32.3. The first-order chi connectivity index (χ1) is 13.6. The van der Waals surface area contributed by atoms with Gasteiger partial charge in [0.1, 0.15) is 0 Å². The molecule has 0 aromatic carbocycles. The van der Waals surface area contributed by atoms with E-state index in [4.69, 9.17) is 9.11 Å². The van der Waals surface area contributed by atoms with E-state index in [1.165, 1.54) is 64.2 Å². The highest BCUT2D eigenvalue weighted by Crippen LogP contribution is 2.09. The Kier molecular flexibility index (Phi) is 22.5. The van der Waals surface area contributed by atoms with E-state index in [0.29, 0.717) is 12.8 Å². The van der Waals surface area contributed by atoms with Gasteiger partial charge in [-0.3, -0.25) is 9.11 Å². The average Bonchev–Trinajstić information content (AvgIpc) is 2.61. The molecule has 9 heteroatoms. The lowest BCUT2D eigenvalue weighted by atomic mass is 10.1. The molecule has 0 rings (SSSR count). The third-order valence-electron chi connectivity index (χ3n) is 4.49. The largest absolute Gasteiger partial charge is 0.397 e. The molecule has 0 aliphatic rings. The Morgan fingerprint density at radius 2 is 0.897 bits per heavy atom. The van der Waals surface area contributed by atoms with Gasteiger partial charge in [0.25, 0.3) is 10.1 Å². The maximum Gasteiger partial charge on any atom is 0.397 e. The normalized spacial score (nSPS) is 11.9. The monoisotopic (exact) mass is 460 g/mol. The Balaban J connectivity index is 0. The standard InChI is InChI=1S/C10H22O4S.C10H22O3S/c1-2-3-4-5-6-7-8-9-10-14-15(11,12)13;1-2-3-4-5-6-7-8-9-10-14(11,12)13/h2-10H2,1H3,(H,11,12,13);2-10H2,1H3,(H,11,12,13). The Morgan fingerprint density at radius 1 is 0.552 bits per heavy atom. The van der Waals surface area contributed by atoms with E-state index in [1.807, 2.05) is 0 Å². The number of rotatable bonds is 19. The van der Waals surface area contributed by atoms with Crippen molar-refractivity contribution >= 4 is 20.5 Å². The molecule has 0 bridgehead atoms. The van der Waals surface area contributed by atoms with Gasteiger partial charge in [0.05, 0.1) is 12.4 Å². The quantitative estimate of drug-likeness (QED) is 0.180. The molecular weight excluding hydrogens is 416 g/mol. The minimum Gasteiger partial charge on any atom is -0.286 e. The molecular formula is C20H44O7S2. The molecule has 0 aromatic rings. The van der Waals surface area contributed by atoms with Crippen LogP contribution in [0.5, 0.6) is 0 Å². The van der Waals surface area contributed by atoms with Crippen LogP contribution >= 0.6 is 0 Å². The second kappa shape index (κ2) is 21.0. The molecule has 0 saturated carbocycles. The van der Waals surface area contributed by atoms with Gasteiger partial charge >= 0.3 is 10.4 Å². The zero-order valence-corrected chi connectivity index (χ0v) is 20.1. The van der Waals surface area contributed by atoms with Crippen LogP contribution in [0.25, 0.3) is 0 Å². The first-order valence-electron chi connectivity index (χ1n) is 11.2. The Morgan fingerprint density at radius 3 is 1.24 bits per heavy atom. The summed E-state index contributed by atoms with van der Waals surface area (Å²) in [6, 6.07) is 0. The molecule has 0 fully saturated rings. The lowest BCUT2D eigenvalue weighted by Crippen LogP contribution is -2.04. The second-order valence-electron chi connectivity index (χ2n) is 7.49. The summed E-state index contributed by atoms with van der Waals surface area (Å²) in [4.78, 5) is 0. The summed E-state index contributed by atoms with van der Waals surface area (Å²) in [6.07, 6.45) is 17.9. The van der Waals surface area contributed by atoms with Crippen molar-refractivity contribution < 1.29 is 30.1 Å². The van der Waals surface area contributed by atoms with E-state index in [-0.39, 0.29) is 12.4 Å². The predicted molar refractivity (Wildman–Crippen MR) is 119 cm³/mol. The van der Waals surface area contributed by atoms with Crippen molar-refractivity contribution in [3.63, 3.8) is 0 Å². The zero-order valence-electron chi connectivity index (χ0n) is 18.5. The molecule has 0 aliphatic carbocycles. The van der Waals surface area contributed by atoms with Crippen molar-refractivity contribution in [2.24, 2.45) is 0 Å². The van der Waals surface area contributed by atoms with Gasteiger partial charge in [0, 0.05) is 0 Å². The van der Waals surface area contributed by atoms with E-state index in [2.05, 4.69) is 18.0 Å². The van der Waals surface area contributed by atoms with Gasteiger partial charge in [0.15, 0.2) is 0 Å². The van der Waals surface area contributed by atoms with Crippen molar-refractivity contribution in [1.82, 2.24) is 0 Å². The maximum absolute atomic E-state index is 10.4. The van der Waals surface area contributed by atoms with Gasteiger partial charge in [0.2, 0.25) is 0 Å². The van der Waals surface area contributed by atoms with Crippen LogP contribution in [0.2, 0.25) is 0 Å². The number of hydrogen-bond acceptors (Lipinski definition) is 5. The molecule has 0 aromatic heterocycles. The first-order valence-corrected chi connectivity index (χ1v) is 14.2. The summed E-state index contributed by atoms with van der Waals surface area (Å²) >= 11 is 0. The van der Waals surface area contributed by atoms with Gasteiger partial charge in [-0.2, -0.15) is 16.8 Å². The summed E-state index contributed by atoms with van der Waals surface area (Å²) in [6.45, 7) is 4.46. The van der Waals surface area contributed by atoms with E-state index in [9.17, 15) is 16.8 Å². The van der Waals surface area contributed by atoms with Crippen LogP contribution < -0.4 is 0 Å². The second-order valence-corrected chi connectivity index (χ2v) is 10.1. The Labute approximate surface area is 179 Å². The van der Waals surface area contributed by atoms with Gasteiger partial charge in [-0.1, -0.05) is 104 Å². The van der Waals surface area contributed by atoms with Crippen LogP contribution in [-0.4, -0.2) is 38.3 Å². The average molecular weight is 461 g/mol. The molecule has 0 aliphatic heterocycles. The smallest absolute Gasteiger partial charge is 0.286 e. The maximum atomic E-state index is 10.4. The van der Waals surface area contributed by atoms with E-state index < -0.39 is 20.5 Å². The fourth-order valence-corrected chi connectivity index (χ4v) is 3.72. The summed E-state index contributed by atoms with van der Waals surface area (Å²) < 4.78 is 62.0. The highest BCUT2D eigenvalue weighted by molar-refractivity contribution is 7.85. The van der Waals surface area contributed by atoms with E-state index in [1.54, 1.807) is 0 Å². The first kappa shape index (κ1) is 31.0. The van der Waals surface area contributed by atoms with Crippen molar-refractivity contribution in [2.45, 2.75) is 117 Å². The van der Waals surface area contributed by atoms with Crippen molar-refractivity contribution in [3.8, 4) is 0 Å². The molecule has 0 saturated heterocycles. The van der Waals surface area contributed by atoms with Crippen molar-refractivity contribution in [2.75, 3.05) is 12.4 Å². The lowest BCUT2D eigenvalue weighted by molar-refractivity contribution is 0.261. The fraction of sp³-hybridized carbons (Fsp3) is 1.00. The predicted octanol–water partition coefficient (Wildman–Crippen LogP) is 5.96. The third-order valence-corrected chi connectivity index (χ3v) is 5.76. The molecule has 0 spiro atoms. The van der Waals surface area contributed by atoms with Crippen LogP contribution in [0.1, 0.15) is 117 Å². The van der Waals surface area contributed by atoms with Gasteiger partial charge in [-0.25, -0.2) is 4.18 Å². The molecule has 29 heavy (non-hydrogen) atoms. The SMILES string of the molecule is CCCCCCCCCCOS(=O)(=O)O.CCCCCCCCCCS(=O)(=O)O.